The van der Waals surface area contributed by atoms with Gasteiger partial charge in [0, 0.05) is 23.0 Å². The van der Waals surface area contributed by atoms with Crippen molar-refractivity contribution in [2.24, 2.45) is 15.9 Å². The van der Waals surface area contributed by atoms with Crippen molar-refractivity contribution in [3.05, 3.63) is 125 Å². The van der Waals surface area contributed by atoms with Crippen molar-refractivity contribution >= 4 is 17.6 Å². The molecule has 0 spiro atoms. The predicted molar refractivity (Wildman–Crippen MR) is 181 cm³/mol. The summed E-state index contributed by atoms with van der Waals surface area (Å²) in [6.07, 6.45) is 15.0. The van der Waals surface area contributed by atoms with E-state index in [2.05, 4.69) is 38.9 Å². The third-order valence-corrected chi connectivity index (χ3v) is 8.86. The van der Waals surface area contributed by atoms with Gasteiger partial charge in [-0.3, -0.25) is 4.99 Å². The van der Waals surface area contributed by atoms with Crippen molar-refractivity contribution in [2.75, 3.05) is 6.67 Å². The van der Waals surface area contributed by atoms with Gasteiger partial charge in [-0.2, -0.15) is 0 Å². The Hall–Kier alpha value is -4.06. The molecule has 232 valence electrons. The maximum Gasteiger partial charge on any atom is 0.198 e. The standard InChI is InChI=1S/C38H45F2N3O/c1-8-29(23-39)22-32-27(5)35(36(31-19-17-30(24-40)18-20-31)42-33-16-11-10-15-26(33)4)43-38(7,9-2)34(32)37-41-21-13-12-14-25(3)28(6)44-37/h8,12-14,17-22,34,37,43H,4-6,9-11,15-16,23-24H2,1-3,7H3/b13-12-,25-14+,29-8+,32-22+,36-35-,41-21+,42-33-/t34-,37?,38+/m0/s1. The van der Waals surface area contributed by atoms with E-state index in [0.29, 0.717) is 34.6 Å². The molecule has 2 aliphatic heterocycles. The minimum Gasteiger partial charge on any atom is -0.468 e. The highest BCUT2D eigenvalue weighted by Gasteiger charge is 2.47. The highest BCUT2D eigenvalue weighted by molar-refractivity contribution is 6.03. The number of hydrogen-bond acceptors (Lipinski definition) is 4. The summed E-state index contributed by atoms with van der Waals surface area (Å²) in [4.78, 5) is 10.1. The van der Waals surface area contributed by atoms with Crippen LogP contribution in [0.4, 0.5) is 8.78 Å². The molecule has 1 aromatic rings. The van der Waals surface area contributed by atoms with E-state index in [4.69, 9.17) is 14.7 Å². The molecule has 1 aromatic carbocycles. The molecule has 3 aliphatic rings. The molecular formula is C38H45F2N3O. The monoisotopic (exact) mass is 597 g/mol. The van der Waals surface area contributed by atoms with E-state index < -0.39 is 25.1 Å². The van der Waals surface area contributed by atoms with Crippen LogP contribution in [0.15, 0.2) is 124 Å². The first-order valence-corrected chi connectivity index (χ1v) is 15.4. The maximum atomic E-state index is 14.3. The number of nitrogens with zero attached hydrogens (tertiary/aromatic N) is 2. The lowest BCUT2D eigenvalue weighted by Gasteiger charge is -2.48. The van der Waals surface area contributed by atoms with Crippen LogP contribution in [0.3, 0.4) is 0 Å². The molecule has 1 unspecified atom stereocenters. The quantitative estimate of drug-likeness (QED) is 0.340. The van der Waals surface area contributed by atoms with E-state index in [1.807, 2.05) is 50.3 Å². The lowest BCUT2D eigenvalue weighted by molar-refractivity contribution is 0.0466. The first kappa shape index (κ1) is 32.8. The average molecular weight is 598 g/mol. The summed E-state index contributed by atoms with van der Waals surface area (Å²) in [7, 11) is 0. The number of rotatable bonds is 7. The molecule has 4 nitrogen and oxygen atoms in total. The van der Waals surface area contributed by atoms with Crippen LogP contribution in [0.5, 0.6) is 0 Å². The number of halogens is 2. The van der Waals surface area contributed by atoms with Crippen molar-refractivity contribution < 1.29 is 13.5 Å². The zero-order chi connectivity index (χ0) is 31.9. The number of nitrogens with one attached hydrogen (secondary N) is 1. The molecule has 0 bridgehead atoms. The molecule has 1 saturated heterocycles. The van der Waals surface area contributed by atoms with Crippen LogP contribution < -0.4 is 5.32 Å². The van der Waals surface area contributed by atoms with Crippen LogP contribution in [-0.4, -0.2) is 30.4 Å². The van der Waals surface area contributed by atoms with Gasteiger partial charge in [-0.15, -0.1) is 0 Å². The minimum atomic E-state index is -0.662. The molecule has 0 radical (unpaired) electrons. The Bertz CT molecular complexity index is 1500. The van der Waals surface area contributed by atoms with E-state index >= 15 is 0 Å². The lowest BCUT2D eigenvalue weighted by atomic mass is 9.70. The van der Waals surface area contributed by atoms with Gasteiger partial charge in [0.25, 0.3) is 0 Å². The van der Waals surface area contributed by atoms with Crippen LogP contribution in [-0.2, 0) is 11.4 Å². The molecule has 44 heavy (non-hydrogen) atoms. The summed E-state index contributed by atoms with van der Waals surface area (Å²) in [6.45, 7) is 19.9. The fourth-order valence-electron chi connectivity index (χ4n) is 5.81. The fraction of sp³-hybridized carbons (Fsp3) is 0.368. The number of allylic oxidation sites excluding steroid dienone is 9. The summed E-state index contributed by atoms with van der Waals surface area (Å²) in [5.41, 5.74) is 7.17. The summed E-state index contributed by atoms with van der Waals surface area (Å²) < 4.78 is 34.2. The Kier molecular flexibility index (Phi) is 10.9. The Morgan fingerprint density at radius 2 is 1.86 bits per heavy atom. The normalized spacial score (nSPS) is 30.5. The third-order valence-electron chi connectivity index (χ3n) is 8.86. The molecule has 3 atom stereocenters. The SMILES string of the molecule is C=C1CCCC/C1=N/C(=C1\N[C@](C)(CC)[C@H](C2/N=C/C=C\C=C(/C)C(=C)O2)/C(=C/C(=C\C)CF)C1=C)c1ccc(CF)cc1. The predicted octanol–water partition coefficient (Wildman–Crippen LogP) is 9.63. The van der Waals surface area contributed by atoms with Crippen LogP contribution in [0.25, 0.3) is 5.70 Å². The molecule has 6 heteroatoms. The van der Waals surface area contributed by atoms with Gasteiger partial charge in [0.15, 0.2) is 6.23 Å². The van der Waals surface area contributed by atoms with Gasteiger partial charge in [0.05, 0.1) is 17.3 Å². The molecule has 0 amide bonds. The second-order valence-corrected chi connectivity index (χ2v) is 11.8. The van der Waals surface area contributed by atoms with Gasteiger partial charge in [-0.25, -0.2) is 13.8 Å². The highest BCUT2D eigenvalue weighted by atomic mass is 19.1. The second kappa shape index (κ2) is 14.6. The van der Waals surface area contributed by atoms with Gasteiger partial charge in [-0.1, -0.05) is 75.2 Å². The topological polar surface area (TPSA) is 46.0 Å². The average Bonchev–Trinajstić information content (AvgIpc) is 3.11. The van der Waals surface area contributed by atoms with Gasteiger partial charge < -0.3 is 10.1 Å². The number of hydrogen-bond donors (Lipinski definition) is 1. The van der Waals surface area contributed by atoms with E-state index in [0.717, 1.165) is 59.4 Å². The second-order valence-electron chi connectivity index (χ2n) is 11.8. The number of aliphatic imine (C=N–C) groups is 2. The van der Waals surface area contributed by atoms with Crippen molar-refractivity contribution in [1.82, 2.24) is 5.32 Å². The Morgan fingerprint density at radius 1 is 1.14 bits per heavy atom. The summed E-state index contributed by atoms with van der Waals surface area (Å²) >= 11 is 0. The summed E-state index contributed by atoms with van der Waals surface area (Å²) in [5.74, 6) is 0.168. The minimum absolute atomic E-state index is 0.356. The molecule has 1 aliphatic carbocycles. The molecule has 0 aromatic heterocycles. The Labute approximate surface area is 261 Å². The molecule has 2 fully saturated rings. The van der Waals surface area contributed by atoms with Crippen LogP contribution in [0.1, 0.15) is 70.9 Å². The molecule has 1 saturated carbocycles. The van der Waals surface area contributed by atoms with Crippen molar-refractivity contribution in [2.45, 2.75) is 78.2 Å². The maximum absolute atomic E-state index is 14.3. The van der Waals surface area contributed by atoms with E-state index in [1.165, 1.54) is 0 Å². The fourth-order valence-corrected chi connectivity index (χ4v) is 5.81. The Balaban J connectivity index is 1.99. The van der Waals surface area contributed by atoms with E-state index in [1.54, 1.807) is 24.4 Å². The third kappa shape index (κ3) is 7.18. The number of benzene rings is 1. The first-order chi connectivity index (χ1) is 21.1. The van der Waals surface area contributed by atoms with Gasteiger partial charge in [0.1, 0.15) is 19.1 Å². The van der Waals surface area contributed by atoms with Gasteiger partial charge in [0.2, 0.25) is 0 Å². The van der Waals surface area contributed by atoms with Crippen molar-refractivity contribution in [1.29, 1.82) is 0 Å². The number of ether oxygens (including phenoxy) is 1. The molecule has 4 rings (SSSR count). The summed E-state index contributed by atoms with van der Waals surface area (Å²) in [5, 5.41) is 3.82. The van der Waals surface area contributed by atoms with Crippen LogP contribution in [0.2, 0.25) is 0 Å². The largest absolute Gasteiger partial charge is 0.468 e. The van der Waals surface area contributed by atoms with E-state index in [9.17, 15) is 8.78 Å². The number of piperidine rings is 1. The van der Waals surface area contributed by atoms with Crippen molar-refractivity contribution in [3.8, 4) is 0 Å². The smallest absolute Gasteiger partial charge is 0.198 e. The zero-order valence-corrected chi connectivity index (χ0v) is 26.6. The number of alkyl halides is 2. The van der Waals surface area contributed by atoms with Crippen molar-refractivity contribution in [3.63, 3.8) is 0 Å². The van der Waals surface area contributed by atoms with Crippen LogP contribution >= 0.6 is 0 Å². The lowest BCUT2D eigenvalue weighted by Crippen LogP contribution is -2.56. The molecule has 2 heterocycles. The van der Waals surface area contributed by atoms with E-state index in [-0.39, 0.29) is 5.92 Å². The van der Waals surface area contributed by atoms with Gasteiger partial charge >= 0.3 is 0 Å². The highest BCUT2D eigenvalue weighted by Crippen LogP contribution is 2.46. The van der Waals surface area contributed by atoms with Gasteiger partial charge in [-0.05, 0) is 92.4 Å². The van der Waals surface area contributed by atoms with Crippen LogP contribution in [0, 0.1) is 5.92 Å². The summed E-state index contributed by atoms with van der Waals surface area (Å²) in [6, 6.07) is 7.37. The molecule has 1 N–H and O–H groups in total. The zero-order valence-electron chi connectivity index (χ0n) is 26.6. The Morgan fingerprint density at radius 3 is 2.50 bits per heavy atom. The first-order valence-electron chi connectivity index (χ1n) is 15.4. The molecular weight excluding hydrogens is 552 g/mol.